The van der Waals surface area contributed by atoms with E-state index in [9.17, 15) is 0 Å². The van der Waals surface area contributed by atoms with Crippen LogP contribution in [0.5, 0.6) is 5.75 Å². The number of piperazine rings is 1. The second-order valence-corrected chi connectivity index (χ2v) is 6.36. The first-order valence-corrected chi connectivity index (χ1v) is 8.23. The number of benzene rings is 1. The van der Waals surface area contributed by atoms with Crippen molar-refractivity contribution in [2.75, 3.05) is 49.7 Å². The van der Waals surface area contributed by atoms with Crippen molar-refractivity contribution < 1.29 is 4.74 Å². The van der Waals surface area contributed by atoms with E-state index in [0.717, 1.165) is 24.9 Å². The van der Waals surface area contributed by atoms with E-state index in [0.29, 0.717) is 0 Å². The first kappa shape index (κ1) is 13.1. The highest BCUT2D eigenvalue weighted by molar-refractivity contribution is 7.99. The van der Waals surface area contributed by atoms with Gasteiger partial charge in [0.25, 0.3) is 0 Å². The minimum absolute atomic E-state index is 0.824. The summed E-state index contributed by atoms with van der Waals surface area (Å²) in [6.45, 7) is 4.59. The summed E-state index contributed by atoms with van der Waals surface area (Å²) in [6, 6.07) is 9.17. The molecule has 0 radical (unpaired) electrons. The molecule has 2 aliphatic heterocycles. The highest BCUT2D eigenvalue weighted by atomic mass is 32.2. The van der Waals surface area contributed by atoms with Crippen LogP contribution in [0, 0.1) is 0 Å². The minimum Gasteiger partial charge on any atom is -0.495 e. The lowest BCUT2D eigenvalue weighted by Gasteiger charge is -2.39. The Balaban J connectivity index is 1.63. The Morgan fingerprint density at radius 1 is 1.16 bits per heavy atom. The molecular formula is C15H22N2OS. The molecule has 0 N–H and O–H groups in total. The molecule has 4 heteroatoms. The standard InChI is InChI=1S/C15H22N2OS/c1-18-15-5-3-2-4-14(15)17-9-7-16(8-10-17)13-6-11-19-12-13/h2-5,13H,6-12H2,1H3/t13-/m0/s1. The Bertz CT molecular complexity index is 412. The second-order valence-electron chi connectivity index (χ2n) is 5.21. The molecule has 1 atom stereocenters. The van der Waals surface area contributed by atoms with Crippen molar-refractivity contribution in [3.05, 3.63) is 24.3 Å². The Kier molecular flexibility index (Phi) is 4.18. The largest absolute Gasteiger partial charge is 0.495 e. The van der Waals surface area contributed by atoms with Crippen molar-refractivity contribution >= 4 is 17.4 Å². The third-order valence-electron chi connectivity index (χ3n) is 4.16. The Labute approximate surface area is 119 Å². The predicted octanol–water partition coefficient (Wildman–Crippen LogP) is 2.32. The van der Waals surface area contributed by atoms with E-state index in [1.807, 2.05) is 6.07 Å². The van der Waals surface area contributed by atoms with Crippen molar-refractivity contribution in [1.82, 2.24) is 4.90 Å². The Morgan fingerprint density at radius 2 is 1.95 bits per heavy atom. The monoisotopic (exact) mass is 278 g/mol. The maximum atomic E-state index is 5.47. The number of anilines is 1. The third kappa shape index (κ3) is 2.84. The average molecular weight is 278 g/mol. The number of methoxy groups -OCH3 is 1. The summed E-state index contributed by atoms with van der Waals surface area (Å²) < 4.78 is 5.47. The summed E-state index contributed by atoms with van der Waals surface area (Å²) >= 11 is 2.10. The van der Waals surface area contributed by atoms with Crippen LogP contribution in [0.2, 0.25) is 0 Å². The zero-order valence-corrected chi connectivity index (χ0v) is 12.4. The van der Waals surface area contributed by atoms with Crippen LogP contribution in [0.1, 0.15) is 6.42 Å². The molecule has 104 valence electrons. The molecule has 0 saturated carbocycles. The molecule has 1 aromatic carbocycles. The minimum atomic E-state index is 0.824. The molecule has 2 fully saturated rings. The van der Waals surface area contributed by atoms with Crippen LogP contribution in [0.25, 0.3) is 0 Å². The van der Waals surface area contributed by atoms with E-state index in [1.165, 1.54) is 36.7 Å². The third-order valence-corrected chi connectivity index (χ3v) is 5.31. The molecule has 3 rings (SSSR count). The number of nitrogens with zero attached hydrogens (tertiary/aromatic N) is 2. The predicted molar refractivity (Wildman–Crippen MR) is 82.5 cm³/mol. The van der Waals surface area contributed by atoms with Crippen molar-refractivity contribution in [2.45, 2.75) is 12.5 Å². The molecule has 2 heterocycles. The molecule has 0 aliphatic carbocycles. The van der Waals surface area contributed by atoms with Gasteiger partial charge in [-0.25, -0.2) is 0 Å². The summed E-state index contributed by atoms with van der Waals surface area (Å²) in [5, 5.41) is 0. The van der Waals surface area contributed by atoms with Crippen LogP contribution in [-0.2, 0) is 0 Å². The maximum Gasteiger partial charge on any atom is 0.142 e. The van der Waals surface area contributed by atoms with Crippen LogP contribution < -0.4 is 9.64 Å². The van der Waals surface area contributed by atoms with Gasteiger partial charge in [-0.3, -0.25) is 4.90 Å². The van der Waals surface area contributed by atoms with Gasteiger partial charge >= 0.3 is 0 Å². The molecule has 0 spiro atoms. The van der Waals surface area contributed by atoms with Crippen LogP contribution >= 0.6 is 11.8 Å². The molecular weight excluding hydrogens is 256 g/mol. The highest BCUT2D eigenvalue weighted by Gasteiger charge is 2.27. The number of hydrogen-bond acceptors (Lipinski definition) is 4. The van der Waals surface area contributed by atoms with Crippen molar-refractivity contribution in [3.8, 4) is 5.75 Å². The van der Waals surface area contributed by atoms with Gasteiger partial charge in [0.15, 0.2) is 0 Å². The van der Waals surface area contributed by atoms with Gasteiger partial charge in [-0.2, -0.15) is 11.8 Å². The normalized spacial score (nSPS) is 24.7. The lowest BCUT2D eigenvalue weighted by Crippen LogP contribution is -2.50. The number of para-hydroxylation sites is 2. The fourth-order valence-electron chi connectivity index (χ4n) is 3.03. The van der Waals surface area contributed by atoms with E-state index in [-0.39, 0.29) is 0 Å². The van der Waals surface area contributed by atoms with Gasteiger partial charge < -0.3 is 9.64 Å². The Hall–Kier alpha value is -0.870. The number of hydrogen-bond donors (Lipinski definition) is 0. The maximum absolute atomic E-state index is 5.47. The first-order chi connectivity index (χ1) is 9.38. The summed E-state index contributed by atoms with van der Waals surface area (Å²) in [7, 11) is 1.75. The lowest BCUT2D eigenvalue weighted by atomic mass is 10.1. The van der Waals surface area contributed by atoms with Gasteiger partial charge in [0.2, 0.25) is 0 Å². The SMILES string of the molecule is COc1ccccc1N1CCN([C@H]2CCSC2)CC1. The molecule has 0 bridgehead atoms. The van der Waals surface area contributed by atoms with E-state index >= 15 is 0 Å². The van der Waals surface area contributed by atoms with Crippen LogP contribution in [-0.4, -0.2) is 55.7 Å². The average Bonchev–Trinajstić information content (AvgIpc) is 3.02. The van der Waals surface area contributed by atoms with Gasteiger partial charge in [0.05, 0.1) is 12.8 Å². The van der Waals surface area contributed by atoms with Gasteiger partial charge in [-0.05, 0) is 24.3 Å². The number of rotatable bonds is 3. The summed E-state index contributed by atoms with van der Waals surface area (Å²) in [4.78, 5) is 5.13. The molecule has 2 aliphatic rings. The fraction of sp³-hybridized carbons (Fsp3) is 0.600. The molecule has 0 unspecified atom stereocenters. The summed E-state index contributed by atoms with van der Waals surface area (Å²) in [6.07, 6.45) is 1.37. The highest BCUT2D eigenvalue weighted by Crippen LogP contribution is 2.29. The van der Waals surface area contributed by atoms with E-state index < -0.39 is 0 Å². The zero-order valence-electron chi connectivity index (χ0n) is 11.5. The van der Waals surface area contributed by atoms with Gasteiger partial charge in [-0.15, -0.1) is 0 Å². The van der Waals surface area contributed by atoms with E-state index in [2.05, 4.69) is 39.8 Å². The molecule has 0 amide bonds. The fourth-order valence-corrected chi connectivity index (χ4v) is 4.28. The van der Waals surface area contributed by atoms with E-state index in [4.69, 9.17) is 4.74 Å². The molecule has 3 nitrogen and oxygen atoms in total. The number of thioether (sulfide) groups is 1. The van der Waals surface area contributed by atoms with Gasteiger partial charge in [0, 0.05) is 38.0 Å². The van der Waals surface area contributed by atoms with Crippen LogP contribution in [0.4, 0.5) is 5.69 Å². The summed E-state index contributed by atoms with van der Waals surface area (Å²) in [5.41, 5.74) is 1.24. The smallest absolute Gasteiger partial charge is 0.142 e. The van der Waals surface area contributed by atoms with Crippen molar-refractivity contribution in [1.29, 1.82) is 0 Å². The van der Waals surface area contributed by atoms with Gasteiger partial charge in [-0.1, -0.05) is 12.1 Å². The molecule has 0 aromatic heterocycles. The van der Waals surface area contributed by atoms with Crippen molar-refractivity contribution in [2.24, 2.45) is 0 Å². The van der Waals surface area contributed by atoms with Crippen LogP contribution in [0.3, 0.4) is 0 Å². The first-order valence-electron chi connectivity index (χ1n) is 7.08. The summed E-state index contributed by atoms with van der Waals surface area (Å²) in [5.74, 6) is 3.67. The second kappa shape index (κ2) is 6.06. The molecule has 2 saturated heterocycles. The zero-order chi connectivity index (χ0) is 13.1. The van der Waals surface area contributed by atoms with Crippen molar-refractivity contribution in [3.63, 3.8) is 0 Å². The lowest BCUT2D eigenvalue weighted by molar-refractivity contribution is 0.200. The van der Waals surface area contributed by atoms with E-state index in [1.54, 1.807) is 7.11 Å². The molecule has 19 heavy (non-hydrogen) atoms. The number of ether oxygens (including phenoxy) is 1. The van der Waals surface area contributed by atoms with Crippen LogP contribution in [0.15, 0.2) is 24.3 Å². The Morgan fingerprint density at radius 3 is 2.63 bits per heavy atom. The quantitative estimate of drug-likeness (QED) is 0.843. The topological polar surface area (TPSA) is 15.7 Å². The molecule has 1 aromatic rings. The van der Waals surface area contributed by atoms with Gasteiger partial charge in [0.1, 0.15) is 5.75 Å².